The van der Waals surface area contributed by atoms with Crippen molar-refractivity contribution in [1.29, 1.82) is 0 Å². The number of halogens is 2. The van der Waals surface area contributed by atoms with Crippen molar-refractivity contribution in [3.8, 4) is 0 Å². The minimum Gasteiger partial charge on any atom is -0.467 e. The zero-order valence-corrected chi connectivity index (χ0v) is 15.7. The summed E-state index contributed by atoms with van der Waals surface area (Å²) >= 11 is 5.72. The molecule has 25 heavy (non-hydrogen) atoms. The monoisotopic (exact) mass is 371 g/mol. The fourth-order valence-corrected chi connectivity index (χ4v) is 3.22. The van der Waals surface area contributed by atoms with E-state index in [1.165, 1.54) is 24.1 Å². The molecule has 0 aromatic heterocycles. The number of hydrogen-bond acceptors (Lipinski definition) is 4. The van der Waals surface area contributed by atoms with E-state index in [1.54, 1.807) is 26.8 Å². The van der Waals surface area contributed by atoms with Crippen LogP contribution in [0.2, 0.25) is 5.02 Å². The minimum atomic E-state index is -1.21. The van der Waals surface area contributed by atoms with E-state index in [4.69, 9.17) is 21.1 Å². The summed E-state index contributed by atoms with van der Waals surface area (Å²) in [7, 11) is 1.28. The second-order valence-corrected chi connectivity index (χ2v) is 7.59. The summed E-state index contributed by atoms with van der Waals surface area (Å²) in [6.45, 7) is 5.65. The Morgan fingerprint density at radius 3 is 2.60 bits per heavy atom. The summed E-state index contributed by atoms with van der Waals surface area (Å²) < 4.78 is 24.2. The van der Waals surface area contributed by atoms with E-state index in [0.29, 0.717) is 24.9 Å². The molecule has 0 N–H and O–H groups in total. The first-order valence-corrected chi connectivity index (χ1v) is 8.50. The van der Waals surface area contributed by atoms with Gasteiger partial charge in [0.15, 0.2) is 0 Å². The number of ether oxygens (including phenoxy) is 2. The number of nitrogens with zero attached hydrogens (tertiary/aromatic N) is 1. The van der Waals surface area contributed by atoms with E-state index in [1.807, 2.05) is 0 Å². The Labute approximate surface area is 152 Å². The van der Waals surface area contributed by atoms with Gasteiger partial charge in [-0.1, -0.05) is 17.7 Å². The third-order valence-electron chi connectivity index (χ3n) is 4.15. The summed E-state index contributed by atoms with van der Waals surface area (Å²) in [4.78, 5) is 26.6. The molecule has 0 saturated carbocycles. The highest BCUT2D eigenvalue weighted by molar-refractivity contribution is 6.30. The summed E-state index contributed by atoms with van der Waals surface area (Å²) in [5.41, 5.74) is -1.34. The number of esters is 1. The molecule has 1 amide bonds. The smallest absolute Gasteiger partial charge is 0.411 e. The fourth-order valence-electron chi connectivity index (χ4n) is 3.11. The highest BCUT2D eigenvalue weighted by Crippen LogP contribution is 2.36. The van der Waals surface area contributed by atoms with Crippen LogP contribution in [-0.2, 0) is 20.7 Å². The fraction of sp³-hybridized carbons (Fsp3) is 0.556. The van der Waals surface area contributed by atoms with Gasteiger partial charge < -0.3 is 9.47 Å². The zero-order chi connectivity index (χ0) is 18.8. The van der Waals surface area contributed by atoms with Gasteiger partial charge in [0.25, 0.3) is 0 Å². The Morgan fingerprint density at radius 1 is 1.36 bits per heavy atom. The second-order valence-electron chi connectivity index (χ2n) is 7.18. The van der Waals surface area contributed by atoms with Crippen molar-refractivity contribution in [2.75, 3.05) is 13.7 Å². The van der Waals surface area contributed by atoms with Gasteiger partial charge in [0, 0.05) is 13.0 Å². The molecule has 0 aliphatic carbocycles. The predicted molar refractivity (Wildman–Crippen MR) is 92.0 cm³/mol. The van der Waals surface area contributed by atoms with Crippen LogP contribution in [0.4, 0.5) is 9.18 Å². The number of benzene rings is 1. The van der Waals surface area contributed by atoms with E-state index in [-0.39, 0.29) is 11.4 Å². The largest absolute Gasteiger partial charge is 0.467 e. The van der Waals surface area contributed by atoms with E-state index in [0.717, 1.165) is 0 Å². The van der Waals surface area contributed by atoms with Crippen LogP contribution in [0.3, 0.4) is 0 Å². The number of amides is 1. The Bertz CT molecular complexity index is 674. The number of methoxy groups -OCH3 is 1. The predicted octanol–water partition coefficient (Wildman–Crippen LogP) is 3.96. The van der Waals surface area contributed by atoms with Crippen molar-refractivity contribution >= 4 is 23.7 Å². The third kappa shape index (κ3) is 4.24. The average molecular weight is 372 g/mol. The highest BCUT2D eigenvalue weighted by atomic mass is 35.5. The highest BCUT2D eigenvalue weighted by Gasteiger charge is 2.52. The normalized spacial score (nSPS) is 20.5. The molecule has 0 bridgehead atoms. The van der Waals surface area contributed by atoms with E-state index in [2.05, 4.69) is 0 Å². The first-order chi connectivity index (χ1) is 11.6. The number of rotatable bonds is 3. The van der Waals surface area contributed by atoms with E-state index in [9.17, 15) is 14.0 Å². The van der Waals surface area contributed by atoms with Crippen LogP contribution in [0.1, 0.15) is 39.2 Å². The molecule has 5 nitrogen and oxygen atoms in total. The molecule has 1 atom stereocenters. The van der Waals surface area contributed by atoms with Crippen LogP contribution in [0.5, 0.6) is 0 Å². The molecule has 0 radical (unpaired) electrons. The van der Waals surface area contributed by atoms with Crippen molar-refractivity contribution in [3.05, 3.63) is 34.6 Å². The lowest BCUT2D eigenvalue weighted by Gasteiger charge is -2.37. The lowest BCUT2D eigenvalue weighted by Crippen LogP contribution is -2.56. The van der Waals surface area contributed by atoms with Gasteiger partial charge in [0.1, 0.15) is 17.0 Å². The molecule has 1 heterocycles. The molecular formula is C18H23ClFNO4. The maximum atomic E-state index is 13.8. The van der Waals surface area contributed by atoms with Gasteiger partial charge in [-0.05, 0) is 51.3 Å². The topological polar surface area (TPSA) is 55.8 Å². The molecule has 7 heteroatoms. The maximum absolute atomic E-state index is 13.8. The Balaban J connectivity index is 2.37. The summed E-state index contributed by atoms with van der Waals surface area (Å²) in [6, 6.07) is 4.35. The van der Waals surface area contributed by atoms with Crippen molar-refractivity contribution in [1.82, 2.24) is 4.90 Å². The number of carbonyl (C=O) groups is 2. The molecule has 1 saturated heterocycles. The maximum Gasteiger partial charge on any atom is 0.411 e. The lowest BCUT2D eigenvalue weighted by atomic mass is 9.88. The Kier molecular flexibility index (Phi) is 5.62. The average Bonchev–Trinajstić information content (AvgIpc) is 2.93. The van der Waals surface area contributed by atoms with Gasteiger partial charge in [-0.3, -0.25) is 4.90 Å². The van der Waals surface area contributed by atoms with Gasteiger partial charge in [-0.2, -0.15) is 0 Å². The summed E-state index contributed by atoms with van der Waals surface area (Å²) in [5.74, 6) is -1.10. The SMILES string of the molecule is COC(=O)C1(Cc2ccc(Cl)c(F)c2)CCCN1C(=O)OC(C)(C)C. The molecule has 1 fully saturated rings. The molecule has 1 aliphatic rings. The Hall–Kier alpha value is -1.82. The van der Waals surface area contributed by atoms with Crippen molar-refractivity contribution in [2.45, 2.75) is 51.2 Å². The van der Waals surface area contributed by atoms with E-state index >= 15 is 0 Å². The summed E-state index contributed by atoms with van der Waals surface area (Å²) in [5, 5.41) is 0.00582. The van der Waals surface area contributed by atoms with Crippen molar-refractivity contribution in [2.24, 2.45) is 0 Å². The van der Waals surface area contributed by atoms with Crippen LogP contribution in [0, 0.1) is 5.82 Å². The van der Waals surface area contributed by atoms with Crippen LogP contribution in [0.15, 0.2) is 18.2 Å². The van der Waals surface area contributed by atoms with Gasteiger partial charge in [0.2, 0.25) is 0 Å². The number of hydrogen-bond donors (Lipinski definition) is 0. The van der Waals surface area contributed by atoms with Crippen molar-refractivity contribution in [3.63, 3.8) is 0 Å². The molecule has 2 rings (SSSR count). The minimum absolute atomic E-state index is 0.00582. The van der Waals surface area contributed by atoms with Gasteiger partial charge >= 0.3 is 12.1 Å². The molecule has 138 valence electrons. The molecule has 1 aromatic rings. The quantitative estimate of drug-likeness (QED) is 0.754. The molecule has 1 unspecified atom stereocenters. The van der Waals surface area contributed by atoms with Crippen LogP contribution < -0.4 is 0 Å². The molecular weight excluding hydrogens is 349 g/mol. The molecule has 1 aromatic carbocycles. The van der Waals surface area contributed by atoms with E-state index < -0.39 is 29.0 Å². The number of likely N-dealkylation sites (tertiary alicyclic amines) is 1. The van der Waals surface area contributed by atoms with Gasteiger partial charge in [0.05, 0.1) is 12.1 Å². The van der Waals surface area contributed by atoms with Crippen LogP contribution in [-0.4, -0.2) is 41.8 Å². The Morgan fingerprint density at radius 2 is 2.04 bits per heavy atom. The third-order valence-corrected chi connectivity index (χ3v) is 4.46. The van der Waals surface area contributed by atoms with Gasteiger partial charge in [-0.25, -0.2) is 14.0 Å². The van der Waals surface area contributed by atoms with Crippen molar-refractivity contribution < 1.29 is 23.5 Å². The number of carbonyl (C=O) groups excluding carboxylic acids is 2. The first-order valence-electron chi connectivity index (χ1n) is 8.12. The van der Waals surface area contributed by atoms with Crippen LogP contribution >= 0.6 is 11.6 Å². The first kappa shape index (κ1) is 19.5. The van der Waals surface area contributed by atoms with Gasteiger partial charge in [-0.15, -0.1) is 0 Å². The zero-order valence-electron chi connectivity index (χ0n) is 14.9. The lowest BCUT2D eigenvalue weighted by molar-refractivity contribution is -0.153. The second kappa shape index (κ2) is 7.20. The standard InChI is InChI=1S/C18H23ClFNO4/c1-17(2,3)25-16(23)21-9-5-8-18(21,15(22)24-4)11-12-6-7-13(19)14(20)10-12/h6-7,10H,5,8-9,11H2,1-4H3. The summed E-state index contributed by atoms with van der Waals surface area (Å²) in [6.07, 6.45) is 0.602. The molecule has 0 spiro atoms. The van der Waals surface area contributed by atoms with Crippen LogP contribution in [0.25, 0.3) is 0 Å². The molecule has 1 aliphatic heterocycles.